The molecule has 0 aliphatic heterocycles. The molecule has 25 heavy (non-hydrogen) atoms. The van der Waals surface area contributed by atoms with Crippen molar-refractivity contribution < 1.29 is 9.53 Å². The normalized spacial score (nSPS) is 10.4. The summed E-state index contributed by atoms with van der Waals surface area (Å²) in [6, 6.07) is 17.1. The number of benzene rings is 2. The van der Waals surface area contributed by atoms with Crippen molar-refractivity contribution in [3.05, 3.63) is 60.2 Å². The molecule has 0 aliphatic rings. The van der Waals surface area contributed by atoms with Gasteiger partial charge in [0, 0.05) is 11.8 Å². The van der Waals surface area contributed by atoms with E-state index in [2.05, 4.69) is 20.8 Å². The topological polar surface area (TPSA) is 81.9 Å². The second kappa shape index (κ2) is 8.29. The maximum absolute atomic E-state index is 12.1. The van der Waals surface area contributed by atoms with Crippen molar-refractivity contribution in [2.75, 3.05) is 18.2 Å². The van der Waals surface area contributed by atoms with Crippen molar-refractivity contribution in [2.45, 2.75) is 11.7 Å². The second-order valence-electron chi connectivity index (χ2n) is 5.17. The van der Waals surface area contributed by atoms with Crippen LogP contribution < -0.4 is 10.1 Å². The highest BCUT2D eigenvalue weighted by molar-refractivity contribution is 7.99. The van der Waals surface area contributed by atoms with E-state index in [0.717, 1.165) is 5.56 Å². The fraction of sp³-hybridized carbons (Fsp3) is 0.176. The number of carbonyl (C=O) groups excluding carboxylic acids is 1. The van der Waals surface area contributed by atoms with Crippen LogP contribution in [0.4, 0.5) is 5.69 Å². The third kappa shape index (κ3) is 4.80. The smallest absolute Gasteiger partial charge is 0.234 e. The van der Waals surface area contributed by atoms with Crippen molar-refractivity contribution in [2.24, 2.45) is 0 Å². The molecule has 0 aliphatic carbocycles. The van der Waals surface area contributed by atoms with Crippen molar-refractivity contribution >= 4 is 23.4 Å². The Bertz CT molecular complexity index is 838. The average Bonchev–Trinajstić information content (AvgIpc) is 3.08. The fourth-order valence-electron chi connectivity index (χ4n) is 2.18. The van der Waals surface area contributed by atoms with E-state index in [-0.39, 0.29) is 11.7 Å². The highest BCUT2D eigenvalue weighted by atomic mass is 32.2. The van der Waals surface area contributed by atoms with Crippen molar-refractivity contribution in [3.8, 4) is 5.75 Å². The number of hydrogen-bond donors (Lipinski definition) is 1. The van der Waals surface area contributed by atoms with Gasteiger partial charge in [0.2, 0.25) is 11.1 Å². The molecular formula is C17H17N5O2S. The number of anilines is 1. The number of nitrogens with zero attached hydrogens (tertiary/aromatic N) is 4. The zero-order valence-electron chi connectivity index (χ0n) is 13.6. The van der Waals surface area contributed by atoms with Crippen LogP contribution in [0.5, 0.6) is 5.75 Å². The van der Waals surface area contributed by atoms with Crippen LogP contribution in [0.3, 0.4) is 0 Å². The molecule has 1 amide bonds. The number of thioether (sulfide) groups is 1. The molecule has 3 rings (SSSR count). The molecule has 7 nitrogen and oxygen atoms in total. The lowest BCUT2D eigenvalue weighted by atomic mass is 10.2. The minimum absolute atomic E-state index is 0.132. The Hall–Kier alpha value is -2.87. The Balaban J connectivity index is 1.56. The van der Waals surface area contributed by atoms with Crippen LogP contribution >= 0.6 is 11.8 Å². The molecule has 1 N–H and O–H groups in total. The maximum Gasteiger partial charge on any atom is 0.234 e. The van der Waals surface area contributed by atoms with Gasteiger partial charge in [0.15, 0.2) is 0 Å². The van der Waals surface area contributed by atoms with Gasteiger partial charge in [-0.15, -0.1) is 5.10 Å². The number of carbonyl (C=O) groups is 1. The van der Waals surface area contributed by atoms with Crippen LogP contribution in [0.2, 0.25) is 0 Å². The summed E-state index contributed by atoms with van der Waals surface area (Å²) in [4.78, 5) is 12.1. The standard InChI is InChI=1S/C17H17N5O2S/c1-24-15-9-5-8-14(10-15)18-16(23)12-25-17-19-20-21-22(17)11-13-6-3-2-4-7-13/h2-10H,11-12H2,1H3,(H,18,23). The summed E-state index contributed by atoms with van der Waals surface area (Å²) in [6.45, 7) is 0.563. The van der Waals surface area contributed by atoms with E-state index in [1.54, 1.807) is 17.9 Å². The van der Waals surface area contributed by atoms with E-state index in [9.17, 15) is 4.79 Å². The number of nitrogens with one attached hydrogen (secondary N) is 1. The molecule has 0 bridgehead atoms. The van der Waals surface area contributed by atoms with Gasteiger partial charge >= 0.3 is 0 Å². The third-order valence-electron chi connectivity index (χ3n) is 3.36. The van der Waals surface area contributed by atoms with E-state index in [4.69, 9.17) is 4.74 Å². The molecule has 0 saturated carbocycles. The maximum atomic E-state index is 12.1. The van der Waals surface area contributed by atoms with E-state index < -0.39 is 0 Å². The van der Waals surface area contributed by atoms with Gasteiger partial charge in [-0.25, -0.2) is 4.68 Å². The first-order valence-corrected chi connectivity index (χ1v) is 8.60. The summed E-state index contributed by atoms with van der Waals surface area (Å²) in [5.41, 5.74) is 1.78. The Morgan fingerprint density at radius 2 is 2.04 bits per heavy atom. The Morgan fingerprint density at radius 1 is 1.20 bits per heavy atom. The summed E-state index contributed by atoms with van der Waals surface area (Å²) in [7, 11) is 1.59. The molecule has 0 saturated heterocycles. The molecule has 0 spiro atoms. The molecule has 8 heteroatoms. The first-order valence-electron chi connectivity index (χ1n) is 7.61. The summed E-state index contributed by atoms with van der Waals surface area (Å²) in [5.74, 6) is 0.775. The lowest BCUT2D eigenvalue weighted by Gasteiger charge is -2.07. The van der Waals surface area contributed by atoms with Gasteiger partial charge in [-0.3, -0.25) is 4.79 Å². The molecule has 0 unspecified atom stereocenters. The van der Waals surface area contributed by atoms with E-state index >= 15 is 0 Å². The van der Waals surface area contributed by atoms with Crippen molar-refractivity contribution in [1.29, 1.82) is 0 Å². The highest BCUT2D eigenvalue weighted by Crippen LogP contribution is 2.18. The lowest BCUT2D eigenvalue weighted by molar-refractivity contribution is -0.113. The average molecular weight is 355 g/mol. The SMILES string of the molecule is COc1cccc(NC(=O)CSc2nnnn2Cc2ccccc2)c1. The predicted octanol–water partition coefficient (Wildman–Crippen LogP) is 2.46. The van der Waals surface area contributed by atoms with Crippen LogP contribution in [-0.4, -0.2) is 39.0 Å². The first-order chi connectivity index (χ1) is 12.2. The van der Waals surface area contributed by atoms with Gasteiger partial charge in [0.1, 0.15) is 5.75 Å². The summed E-state index contributed by atoms with van der Waals surface area (Å²) >= 11 is 1.29. The van der Waals surface area contributed by atoms with Gasteiger partial charge < -0.3 is 10.1 Å². The number of ether oxygens (including phenoxy) is 1. The minimum atomic E-state index is -0.132. The molecule has 2 aromatic carbocycles. The van der Waals surface area contributed by atoms with Gasteiger partial charge in [-0.1, -0.05) is 48.2 Å². The summed E-state index contributed by atoms with van der Waals surface area (Å²) in [5, 5.41) is 15.1. The van der Waals surface area contributed by atoms with Crippen LogP contribution in [0.25, 0.3) is 0 Å². The Kier molecular flexibility index (Phi) is 5.63. The molecular weight excluding hydrogens is 338 g/mol. The minimum Gasteiger partial charge on any atom is -0.497 e. The molecule has 1 heterocycles. The third-order valence-corrected chi connectivity index (χ3v) is 4.32. The van der Waals surface area contributed by atoms with Crippen LogP contribution in [0.1, 0.15) is 5.56 Å². The van der Waals surface area contributed by atoms with E-state index in [1.807, 2.05) is 48.5 Å². The number of methoxy groups -OCH3 is 1. The van der Waals surface area contributed by atoms with Crippen molar-refractivity contribution in [3.63, 3.8) is 0 Å². The molecule has 1 aromatic heterocycles. The predicted molar refractivity (Wildman–Crippen MR) is 95.7 cm³/mol. The Morgan fingerprint density at radius 3 is 2.84 bits per heavy atom. The van der Waals surface area contributed by atoms with Crippen LogP contribution in [0, 0.1) is 0 Å². The molecule has 128 valence electrons. The molecule has 0 radical (unpaired) electrons. The van der Waals surface area contributed by atoms with Gasteiger partial charge in [-0.05, 0) is 28.1 Å². The monoisotopic (exact) mass is 355 g/mol. The fourth-order valence-corrected chi connectivity index (χ4v) is 2.86. The quantitative estimate of drug-likeness (QED) is 0.656. The lowest BCUT2D eigenvalue weighted by Crippen LogP contribution is -2.15. The van der Waals surface area contributed by atoms with Gasteiger partial charge in [-0.2, -0.15) is 0 Å². The number of tetrazole rings is 1. The van der Waals surface area contributed by atoms with Gasteiger partial charge in [0.05, 0.1) is 19.4 Å². The Labute approximate surface area is 149 Å². The molecule has 3 aromatic rings. The van der Waals surface area contributed by atoms with E-state index in [0.29, 0.717) is 23.1 Å². The first kappa shape index (κ1) is 17.0. The van der Waals surface area contributed by atoms with Crippen LogP contribution in [0.15, 0.2) is 59.8 Å². The number of aromatic nitrogens is 4. The zero-order chi connectivity index (χ0) is 17.5. The summed E-state index contributed by atoms with van der Waals surface area (Å²) in [6.07, 6.45) is 0. The number of amides is 1. The molecule has 0 atom stereocenters. The zero-order valence-corrected chi connectivity index (χ0v) is 14.4. The largest absolute Gasteiger partial charge is 0.497 e. The van der Waals surface area contributed by atoms with Crippen molar-refractivity contribution in [1.82, 2.24) is 20.2 Å². The van der Waals surface area contributed by atoms with Crippen LogP contribution in [-0.2, 0) is 11.3 Å². The summed E-state index contributed by atoms with van der Waals surface area (Å²) < 4.78 is 6.82. The number of hydrogen-bond acceptors (Lipinski definition) is 6. The number of rotatable bonds is 7. The van der Waals surface area contributed by atoms with Gasteiger partial charge in [0.25, 0.3) is 0 Å². The molecule has 0 fully saturated rings. The second-order valence-corrected chi connectivity index (χ2v) is 6.12. The van der Waals surface area contributed by atoms with E-state index in [1.165, 1.54) is 11.8 Å². The highest BCUT2D eigenvalue weighted by Gasteiger charge is 2.11.